The molecule has 21 heavy (non-hydrogen) atoms. The van der Waals surface area contributed by atoms with Crippen molar-refractivity contribution < 1.29 is 14.7 Å². The number of aryl methyl sites for hydroxylation is 1. The number of carboxylic acid groups (broad SMARTS) is 1. The van der Waals surface area contributed by atoms with Crippen LogP contribution in [-0.4, -0.2) is 22.0 Å². The topological polar surface area (TPSA) is 93.3 Å². The molecule has 0 spiro atoms. The van der Waals surface area contributed by atoms with Gasteiger partial charge in [-0.2, -0.15) is 0 Å². The van der Waals surface area contributed by atoms with E-state index in [0.29, 0.717) is 5.56 Å². The normalized spacial score (nSPS) is 9.76. The lowest BCUT2D eigenvalue weighted by molar-refractivity contribution is -0.131. The second kappa shape index (κ2) is 8.27. The Kier molecular flexibility index (Phi) is 6.34. The molecule has 2 aromatic rings. The molecule has 108 valence electrons. The third-order valence-electron chi connectivity index (χ3n) is 2.46. The number of nitrogens with two attached hydrogens (primary N) is 1. The zero-order valence-electron chi connectivity index (χ0n) is 11.6. The maximum atomic E-state index is 10.4. The lowest BCUT2D eigenvalue weighted by atomic mass is 10.1. The van der Waals surface area contributed by atoms with Crippen LogP contribution < -0.4 is 5.73 Å². The molecule has 1 aromatic heterocycles. The number of hydrogen-bond acceptors (Lipinski definition) is 3. The van der Waals surface area contributed by atoms with Gasteiger partial charge in [0.2, 0.25) is 5.91 Å². The highest BCUT2D eigenvalue weighted by atomic mass is 16.4. The second-order valence-electron chi connectivity index (χ2n) is 4.18. The van der Waals surface area contributed by atoms with Crippen molar-refractivity contribution >= 4 is 18.0 Å². The zero-order valence-corrected chi connectivity index (χ0v) is 11.6. The summed E-state index contributed by atoms with van der Waals surface area (Å²) in [6, 6.07) is 10.8. The van der Waals surface area contributed by atoms with Crippen LogP contribution in [0.2, 0.25) is 0 Å². The first-order valence-electron chi connectivity index (χ1n) is 6.16. The first-order chi connectivity index (χ1) is 9.99. The number of benzene rings is 1. The van der Waals surface area contributed by atoms with Crippen molar-refractivity contribution in [2.75, 3.05) is 0 Å². The van der Waals surface area contributed by atoms with Crippen LogP contribution >= 0.6 is 0 Å². The van der Waals surface area contributed by atoms with E-state index in [0.717, 1.165) is 11.6 Å². The van der Waals surface area contributed by atoms with Crippen molar-refractivity contribution in [1.82, 2.24) is 4.98 Å². The quantitative estimate of drug-likeness (QED) is 0.845. The standard InChI is InChI=1S/C10H10O2.C6H6N2O/c1-8-2-4-9(5-3-8)6-7-10(11)12;7-6(9)5-1-3-8-4-2-5/h2-7H,1H3,(H,11,12);1-4H,(H2,7,9)/b7-6+;. The number of nitrogens with zero attached hydrogens (tertiary/aromatic N) is 1. The Hall–Kier alpha value is -2.95. The summed E-state index contributed by atoms with van der Waals surface area (Å²) in [5, 5.41) is 8.34. The summed E-state index contributed by atoms with van der Waals surface area (Å²) >= 11 is 0. The van der Waals surface area contributed by atoms with E-state index in [4.69, 9.17) is 10.8 Å². The van der Waals surface area contributed by atoms with Gasteiger partial charge in [-0.15, -0.1) is 0 Å². The van der Waals surface area contributed by atoms with Crippen LogP contribution in [0, 0.1) is 6.92 Å². The van der Waals surface area contributed by atoms with Crippen LogP contribution in [0.15, 0.2) is 54.9 Å². The van der Waals surface area contributed by atoms with Crippen molar-refractivity contribution in [2.45, 2.75) is 6.92 Å². The highest BCUT2D eigenvalue weighted by Crippen LogP contribution is 2.04. The molecule has 1 aromatic carbocycles. The van der Waals surface area contributed by atoms with Crippen LogP contribution in [0.4, 0.5) is 0 Å². The molecule has 0 fully saturated rings. The third-order valence-corrected chi connectivity index (χ3v) is 2.46. The fourth-order valence-electron chi connectivity index (χ4n) is 1.36. The SMILES string of the molecule is Cc1ccc(/C=C/C(=O)O)cc1.NC(=O)c1ccncc1. The number of pyridine rings is 1. The van der Waals surface area contributed by atoms with E-state index < -0.39 is 11.9 Å². The molecule has 0 radical (unpaired) electrons. The number of rotatable bonds is 3. The minimum atomic E-state index is -0.921. The van der Waals surface area contributed by atoms with Gasteiger partial charge in [0.05, 0.1) is 0 Å². The molecule has 0 aliphatic carbocycles. The smallest absolute Gasteiger partial charge is 0.328 e. The maximum absolute atomic E-state index is 10.4. The number of amides is 1. The van der Waals surface area contributed by atoms with E-state index in [9.17, 15) is 9.59 Å². The molecule has 3 N–H and O–H groups in total. The van der Waals surface area contributed by atoms with Crippen molar-refractivity contribution in [2.24, 2.45) is 5.73 Å². The average Bonchev–Trinajstić information content (AvgIpc) is 2.48. The molecule has 2 rings (SSSR count). The Morgan fingerprint density at radius 3 is 2.10 bits per heavy atom. The summed E-state index contributed by atoms with van der Waals surface area (Å²) in [4.78, 5) is 24.3. The van der Waals surface area contributed by atoms with E-state index in [1.807, 2.05) is 31.2 Å². The number of aromatic nitrogens is 1. The number of hydrogen-bond donors (Lipinski definition) is 2. The fourth-order valence-corrected chi connectivity index (χ4v) is 1.36. The summed E-state index contributed by atoms with van der Waals surface area (Å²) < 4.78 is 0. The van der Waals surface area contributed by atoms with Crippen molar-refractivity contribution in [3.8, 4) is 0 Å². The molecule has 5 nitrogen and oxygen atoms in total. The summed E-state index contributed by atoms with van der Waals surface area (Å²) in [5.74, 6) is -1.34. The molecule has 0 saturated carbocycles. The van der Waals surface area contributed by atoms with Crippen LogP contribution in [0.1, 0.15) is 21.5 Å². The summed E-state index contributed by atoms with van der Waals surface area (Å²) in [6.07, 6.45) is 5.76. The minimum absolute atomic E-state index is 0.419. The number of aliphatic carboxylic acids is 1. The molecule has 0 aliphatic rings. The summed E-state index contributed by atoms with van der Waals surface area (Å²) in [7, 11) is 0. The largest absolute Gasteiger partial charge is 0.478 e. The average molecular weight is 284 g/mol. The van der Waals surface area contributed by atoms with Gasteiger partial charge in [-0.05, 0) is 30.7 Å². The van der Waals surface area contributed by atoms with Crippen LogP contribution in [0.25, 0.3) is 6.08 Å². The first kappa shape index (κ1) is 16.1. The summed E-state index contributed by atoms with van der Waals surface area (Å²) in [6.45, 7) is 1.99. The lowest BCUT2D eigenvalue weighted by Gasteiger charge is -1.92. The molecule has 1 heterocycles. The lowest BCUT2D eigenvalue weighted by Crippen LogP contribution is -2.10. The molecular formula is C16H16N2O3. The predicted octanol–water partition coefficient (Wildman–Crippen LogP) is 2.27. The van der Waals surface area contributed by atoms with Gasteiger partial charge < -0.3 is 10.8 Å². The predicted molar refractivity (Wildman–Crippen MR) is 80.6 cm³/mol. The van der Waals surface area contributed by atoms with Gasteiger partial charge in [-0.3, -0.25) is 9.78 Å². The Balaban J connectivity index is 0.000000219. The molecule has 0 saturated heterocycles. The number of carbonyl (C=O) groups is 2. The van der Waals surface area contributed by atoms with E-state index in [-0.39, 0.29) is 0 Å². The van der Waals surface area contributed by atoms with Crippen LogP contribution in [0.3, 0.4) is 0 Å². The zero-order chi connectivity index (χ0) is 15.7. The van der Waals surface area contributed by atoms with Crippen molar-refractivity contribution in [3.63, 3.8) is 0 Å². The first-order valence-corrected chi connectivity index (χ1v) is 6.16. The van der Waals surface area contributed by atoms with Gasteiger partial charge in [0.25, 0.3) is 0 Å². The van der Waals surface area contributed by atoms with Crippen LogP contribution in [0.5, 0.6) is 0 Å². The van der Waals surface area contributed by atoms with Gasteiger partial charge >= 0.3 is 5.97 Å². The van der Waals surface area contributed by atoms with Gasteiger partial charge in [0.1, 0.15) is 0 Å². The van der Waals surface area contributed by atoms with E-state index >= 15 is 0 Å². The molecule has 1 amide bonds. The maximum Gasteiger partial charge on any atom is 0.328 e. The highest BCUT2D eigenvalue weighted by Gasteiger charge is 1.94. The third kappa shape index (κ3) is 6.68. The number of carbonyl (C=O) groups excluding carboxylic acids is 1. The van der Waals surface area contributed by atoms with Crippen LogP contribution in [-0.2, 0) is 4.79 Å². The van der Waals surface area contributed by atoms with E-state index in [2.05, 4.69) is 4.98 Å². The molecule has 0 bridgehead atoms. The monoisotopic (exact) mass is 284 g/mol. The van der Waals surface area contributed by atoms with Gasteiger partial charge in [-0.1, -0.05) is 29.8 Å². The van der Waals surface area contributed by atoms with Gasteiger partial charge in [0, 0.05) is 24.0 Å². The van der Waals surface area contributed by atoms with E-state index in [1.54, 1.807) is 18.2 Å². The Morgan fingerprint density at radius 2 is 1.67 bits per heavy atom. The second-order valence-corrected chi connectivity index (χ2v) is 4.18. The molecule has 0 atom stereocenters. The number of primary amides is 1. The van der Waals surface area contributed by atoms with Crippen molar-refractivity contribution in [3.05, 3.63) is 71.6 Å². The van der Waals surface area contributed by atoms with Gasteiger partial charge in [0.15, 0.2) is 0 Å². The van der Waals surface area contributed by atoms with Crippen molar-refractivity contribution in [1.29, 1.82) is 0 Å². The molecule has 0 aliphatic heterocycles. The molecular weight excluding hydrogens is 268 g/mol. The fraction of sp³-hybridized carbons (Fsp3) is 0.0625. The molecule has 0 unspecified atom stereocenters. The molecule has 5 heteroatoms. The Morgan fingerprint density at radius 1 is 1.10 bits per heavy atom. The number of carboxylic acids is 1. The Labute approximate surface area is 122 Å². The van der Waals surface area contributed by atoms with Gasteiger partial charge in [-0.25, -0.2) is 4.79 Å². The highest BCUT2D eigenvalue weighted by molar-refractivity contribution is 5.92. The van der Waals surface area contributed by atoms with E-state index in [1.165, 1.54) is 18.0 Å². The summed E-state index contributed by atoms with van der Waals surface area (Å²) in [5.41, 5.74) is 7.51. The Bertz CT molecular complexity index is 620. The minimum Gasteiger partial charge on any atom is -0.478 e.